The van der Waals surface area contributed by atoms with Gasteiger partial charge in [-0.25, -0.2) is 12.8 Å². The first-order chi connectivity index (χ1) is 17.2. The van der Waals surface area contributed by atoms with E-state index >= 15 is 0 Å². The van der Waals surface area contributed by atoms with E-state index in [1.54, 1.807) is 24.3 Å². The summed E-state index contributed by atoms with van der Waals surface area (Å²) in [7, 11) is -3.55. The Morgan fingerprint density at radius 1 is 0.973 bits per heavy atom. The maximum atomic E-state index is 13.4. The molecule has 0 spiro atoms. The number of nitrogens with zero attached hydrogens (tertiary/aromatic N) is 2. The van der Waals surface area contributed by atoms with Gasteiger partial charge in [-0.2, -0.15) is 0 Å². The van der Waals surface area contributed by atoms with E-state index in [0.717, 1.165) is 18.2 Å². The van der Waals surface area contributed by atoms with Crippen LogP contribution in [0.1, 0.15) is 65.0 Å². The Balaban J connectivity index is 2.22. The van der Waals surface area contributed by atoms with Gasteiger partial charge in [0.05, 0.1) is 11.9 Å². The molecule has 0 aromatic heterocycles. The molecule has 0 aliphatic carbocycles. The van der Waals surface area contributed by atoms with Crippen LogP contribution >= 0.6 is 0 Å². The van der Waals surface area contributed by atoms with Crippen molar-refractivity contribution in [2.24, 2.45) is 0 Å². The van der Waals surface area contributed by atoms with Gasteiger partial charge in [-0.3, -0.25) is 13.9 Å². The molecule has 0 heterocycles. The number of halogens is 1. The van der Waals surface area contributed by atoms with Crippen molar-refractivity contribution < 1.29 is 22.4 Å². The van der Waals surface area contributed by atoms with Crippen molar-refractivity contribution in [3.8, 4) is 0 Å². The molecule has 2 aromatic carbocycles. The van der Waals surface area contributed by atoms with Gasteiger partial charge in [-0.15, -0.1) is 0 Å². The molecular weight excluding hydrogens is 493 g/mol. The third kappa shape index (κ3) is 9.46. The molecule has 0 radical (unpaired) electrons. The fraction of sp³-hybridized carbons (Fsp3) is 0.500. The number of benzene rings is 2. The highest BCUT2D eigenvalue weighted by atomic mass is 32.2. The summed E-state index contributed by atoms with van der Waals surface area (Å²) in [6.07, 6.45) is 2.72. The van der Waals surface area contributed by atoms with E-state index in [1.165, 1.54) is 21.3 Å². The van der Waals surface area contributed by atoms with Gasteiger partial charge in [0.15, 0.2) is 0 Å². The Kier molecular flexibility index (Phi) is 10.7. The van der Waals surface area contributed by atoms with Crippen molar-refractivity contribution in [3.63, 3.8) is 0 Å². The zero-order valence-electron chi connectivity index (χ0n) is 22.8. The fourth-order valence-corrected chi connectivity index (χ4v) is 5.03. The number of carbonyl (C=O) groups is 2. The van der Waals surface area contributed by atoms with E-state index < -0.39 is 21.6 Å². The summed E-state index contributed by atoms with van der Waals surface area (Å²) in [5.41, 5.74) is 1.87. The number of hydrogen-bond donors (Lipinski definition) is 1. The lowest BCUT2D eigenvalue weighted by molar-refractivity contribution is -0.142. The molecule has 0 unspecified atom stereocenters. The maximum absolute atomic E-state index is 13.4. The normalized spacial score (nSPS) is 12.6. The molecule has 0 saturated carbocycles. The molecular formula is C28H40FN3O4S. The van der Waals surface area contributed by atoms with Gasteiger partial charge in [-0.1, -0.05) is 38.1 Å². The van der Waals surface area contributed by atoms with Gasteiger partial charge in [0.2, 0.25) is 21.8 Å². The minimum Gasteiger partial charge on any atom is -0.350 e. The van der Waals surface area contributed by atoms with E-state index in [9.17, 15) is 22.4 Å². The number of aryl methyl sites for hydroxylation is 1. The molecule has 7 nitrogen and oxygen atoms in total. The van der Waals surface area contributed by atoms with E-state index in [-0.39, 0.29) is 43.6 Å². The number of nitrogens with one attached hydrogen (secondary N) is 1. The van der Waals surface area contributed by atoms with Gasteiger partial charge in [-0.05, 0) is 75.4 Å². The van der Waals surface area contributed by atoms with Crippen LogP contribution in [0, 0.1) is 5.82 Å². The minimum absolute atomic E-state index is 0.0551. The van der Waals surface area contributed by atoms with Crippen molar-refractivity contribution in [2.75, 3.05) is 17.1 Å². The number of anilines is 1. The summed E-state index contributed by atoms with van der Waals surface area (Å²) in [4.78, 5) is 28.0. The summed E-state index contributed by atoms with van der Waals surface area (Å²) in [5.74, 6) is -0.916. The average molecular weight is 534 g/mol. The molecule has 2 rings (SSSR count). The molecule has 0 aliphatic heterocycles. The maximum Gasteiger partial charge on any atom is 0.243 e. The minimum atomic E-state index is -3.55. The van der Waals surface area contributed by atoms with Gasteiger partial charge in [0.25, 0.3) is 0 Å². The zero-order valence-corrected chi connectivity index (χ0v) is 23.6. The second kappa shape index (κ2) is 13.0. The standard InChI is InChI=1S/C28H40FN3O4S/c1-7-21-13-17-24(18-14-21)32(37(6,35)36)19-9-10-26(33)31(20-22-11-15-23(29)16-12-22)25(8-2)27(34)30-28(3,4)5/h11-18,25H,7-10,19-20H2,1-6H3,(H,30,34)/t25-/m1/s1. The SMILES string of the molecule is CCc1ccc(N(CCCC(=O)N(Cc2ccc(F)cc2)[C@H](CC)C(=O)NC(C)(C)C)S(C)(=O)=O)cc1. The number of rotatable bonds is 12. The highest BCUT2D eigenvalue weighted by Gasteiger charge is 2.30. The van der Waals surface area contributed by atoms with E-state index in [1.807, 2.05) is 46.8 Å². The number of carbonyl (C=O) groups excluding carboxylic acids is 2. The van der Waals surface area contributed by atoms with Gasteiger partial charge in [0.1, 0.15) is 11.9 Å². The van der Waals surface area contributed by atoms with Crippen LogP contribution in [0.2, 0.25) is 0 Å². The van der Waals surface area contributed by atoms with Crippen LogP contribution in [0.5, 0.6) is 0 Å². The highest BCUT2D eigenvalue weighted by Crippen LogP contribution is 2.21. The fourth-order valence-electron chi connectivity index (χ4n) is 4.06. The quantitative estimate of drug-likeness (QED) is 0.430. The molecule has 9 heteroatoms. The summed E-state index contributed by atoms with van der Waals surface area (Å²) >= 11 is 0. The van der Waals surface area contributed by atoms with Crippen LogP contribution in [-0.2, 0) is 32.6 Å². The van der Waals surface area contributed by atoms with Crippen molar-refractivity contribution in [3.05, 3.63) is 65.5 Å². The molecule has 1 N–H and O–H groups in total. The Hall–Kier alpha value is -2.94. The van der Waals surface area contributed by atoms with Crippen molar-refractivity contribution in [1.29, 1.82) is 0 Å². The summed E-state index contributed by atoms with van der Waals surface area (Å²) in [6, 6.07) is 12.4. The average Bonchev–Trinajstić information content (AvgIpc) is 2.81. The number of hydrogen-bond acceptors (Lipinski definition) is 4. The Morgan fingerprint density at radius 3 is 2.03 bits per heavy atom. The van der Waals surface area contributed by atoms with E-state index in [0.29, 0.717) is 17.7 Å². The van der Waals surface area contributed by atoms with Crippen molar-refractivity contribution in [1.82, 2.24) is 10.2 Å². The largest absolute Gasteiger partial charge is 0.350 e. The van der Waals surface area contributed by atoms with Crippen molar-refractivity contribution >= 4 is 27.5 Å². The molecule has 0 bridgehead atoms. The smallest absolute Gasteiger partial charge is 0.243 e. The topological polar surface area (TPSA) is 86.8 Å². The predicted octanol–water partition coefficient (Wildman–Crippen LogP) is 4.66. The molecule has 37 heavy (non-hydrogen) atoms. The third-order valence-electron chi connectivity index (χ3n) is 5.94. The van der Waals surface area contributed by atoms with Crippen LogP contribution in [-0.4, -0.2) is 49.5 Å². The van der Waals surface area contributed by atoms with Crippen LogP contribution in [0.3, 0.4) is 0 Å². The van der Waals surface area contributed by atoms with Crippen LogP contribution in [0.25, 0.3) is 0 Å². The second-order valence-corrected chi connectivity index (χ2v) is 12.2. The predicted molar refractivity (Wildman–Crippen MR) is 146 cm³/mol. The lowest BCUT2D eigenvalue weighted by Gasteiger charge is -2.33. The first-order valence-electron chi connectivity index (χ1n) is 12.7. The first-order valence-corrected chi connectivity index (χ1v) is 14.5. The molecule has 0 aliphatic rings. The molecule has 0 fully saturated rings. The van der Waals surface area contributed by atoms with Crippen LogP contribution < -0.4 is 9.62 Å². The second-order valence-electron chi connectivity index (χ2n) is 10.3. The molecule has 2 amide bonds. The monoisotopic (exact) mass is 533 g/mol. The third-order valence-corrected chi connectivity index (χ3v) is 7.13. The van der Waals surface area contributed by atoms with E-state index in [4.69, 9.17) is 0 Å². The van der Waals surface area contributed by atoms with Crippen molar-refractivity contribution in [2.45, 2.75) is 78.4 Å². The van der Waals surface area contributed by atoms with Gasteiger partial charge >= 0.3 is 0 Å². The molecule has 204 valence electrons. The molecule has 0 saturated heterocycles. The zero-order chi connectivity index (χ0) is 27.8. The molecule has 1 atom stereocenters. The summed E-state index contributed by atoms with van der Waals surface area (Å²) in [6.45, 7) is 9.75. The summed E-state index contributed by atoms with van der Waals surface area (Å²) in [5, 5.41) is 2.95. The van der Waals surface area contributed by atoms with E-state index in [2.05, 4.69) is 5.32 Å². The lowest BCUT2D eigenvalue weighted by Crippen LogP contribution is -2.53. The van der Waals surface area contributed by atoms with Crippen LogP contribution in [0.15, 0.2) is 48.5 Å². The Bertz CT molecular complexity index is 1140. The lowest BCUT2D eigenvalue weighted by atomic mass is 10.0. The van der Waals surface area contributed by atoms with Gasteiger partial charge < -0.3 is 10.2 Å². The summed E-state index contributed by atoms with van der Waals surface area (Å²) < 4.78 is 39.7. The Labute approximate surface area is 221 Å². The number of sulfonamides is 1. The Morgan fingerprint density at radius 2 is 1.54 bits per heavy atom. The van der Waals surface area contributed by atoms with Gasteiger partial charge in [0, 0.05) is 25.0 Å². The highest BCUT2D eigenvalue weighted by molar-refractivity contribution is 7.92. The number of amides is 2. The first kappa shape index (κ1) is 30.3. The van der Waals surface area contributed by atoms with Crippen LogP contribution in [0.4, 0.5) is 10.1 Å². The molecule has 2 aromatic rings.